The van der Waals surface area contributed by atoms with Crippen LogP contribution in [0.15, 0.2) is 42.5 Å². The summed E-state index contributed by atoms with van der Waals surface area (Å²) in [5.41, 5.74) is 0.979. The summed E-state index contributed by atoms with van der Waals surface area (Å²) in [4.78, 5) is 15.0. The normalized spacial score (nSPS) is 15.4. The number of carbonyl (C=O) groups is 1. The third kappa shape index (κ3) is 5.83. The maximum atomic E-state index is 12.8. The average molecular weight is 436 g/mol. The van der Waals surface area contributed by atoms with E-state index in [-0.39, 0.29) is 23.9 Å². The highest BCUT2D eigenvalue weighted by molar-refractivity contribution is 5.96. The second-order valence-corrected chi connectivity index (χ2v) is 6.86. The second-order valence-electron chi connectivity index (χ2n) is 6.86. The van der Waals surface area contributed by atoms with Gasteiger partial charge in [-0.15, -0.1) is 0 Å². The molecule has 7 nitrogen and oxygen atoms in total. The van der Waals surface area contributed by atoms with Gasteiger partial charge in [0.25, 0.3) is 5.91 Å². The van der Waals surface area contributed by atoms with E-state index >= 15 is 0 Å². The predicted octanol–water partition coefficient (Wildman–Crippen LogP) is 3.11. The van der Waals surface area contributed by atoms with Gasteiger partial charge < -0.3 is 24.3 Å². The molecule has 0 saturated carbocycles. The van der Waals surface area contributed by atoms with Gasteiger partial charge >= 0.3 is 6.61 Å². The van der Waals surface area contributed by atoms with Crippen molar-refractivity contribution in [3.05, 3.63) is 53.6 Å². The minimum Gasteiger partial charge on any atom is -0.493 e. The summed E-state index contributed by atoms with van der Waals surface area (Å²) in [6.45, 7) is -0.190. The van der Waals surface area contributed by atoms with Gasteiger partial charge in [-0.05, 0) is 29.8 Å². The molecule has 1 unspecified atom stereocenters. The van der Waals surface area contributed by atoms with E-state index in [4.69, 9.17) is 14.2 Å². The summed E-state index contributed by atoms with van der Waals surface area (Å²) < 4.78 is 46.0. The molecule has 1 atom stereocenters. The fourth-order valence-corrected chi connectivity index (χ4v) is 3.54. The summed E-state index contributed by atoms with van der Waals surface area (Å²) >= 11 is 0. The van der Waals surface area contributed by atoms with Crippen LogP contribution in [0.1, 0.15) is 22.0 Å². The molecule has 1 fully saturated rings. The Labute approximate surface area is 179 Å². The number of ether oxygens (including phenoxy) is 4. The van der Waals surface area contributed by atoms with Crippen LogP contribution in [-0.2, 0) is 4.74 Å². The predicted molar refractivity (Wildman–Crippen MR) is 110 cm³/mol. The van der Waals surface area contributed by atoms with E-state index in [2.05, 4.69) is 15.0 Å². The highest BCUT2D eigenvalue weighted by Crippen LogP contribution is 2.32. The molecule has 168 valence electrons. The molecule has 0 bridgehead atoms. The van der Waals surface area contributed by atoms with Crippen molar-refractivity contribution in [2.75, 3.05) is 47.1 Å². The van der Waals surface area contributed by atoms with Gasteiger partial charge in [0.1, 0.15) is 5.75 Å². The molecule has 0 spiro atoms. The van der Waals surface area contributed by atoms with Crippen LogP contribution < -0.4 is 19.5 Å². The van der Waals surface area contributed by atoms with Gasteiger partial charge in [0, 0.05) is 19.6 Å². The monoisotopic (exact) mass is 436 g/mol. The number of benzene rings is 2. The molecule has 1 amide bonds. The molecule has 2 aromatic carbocycles. The lowest BCUT2D eigenvalue weighted by atomic mass is 10.0. The van der Waals surface area contributed by atoms with Gasteiger partial charge in [0.2, 0.25) is 0 Å². The Kier molecular flexibility index (Phi) is 8.02. The number of nitrogens with zero attached hydrogens (tertiary/aromatic N) is 1. The van der Waals surface area contributed by atoms with E-state index < -0.39 is 12.5 Å². The van der Waals surface area contributed by atoms with Crippen molar-refractivity contribution in [3.8, 4) is 17.2 Å². The number of halogens is 2. The van der Waals surface area contributed by atoms with E-state index in [9.17, 15) is 13.6 Å². The minimum absolute atomic E-state index is 0.0517. The van der Waals surface area contributed by atoms with Crippen molar-refractivity contribution in [2.45, 2.75) is 12.7 Å². The molecule has 3 rings (SSSR count). The molecular formula is C22H26F2N2O5. The van der Waals surface area contributed by atoms with Gasteiger partial charge in [-0.25, -0.2) is 0 Å². The van der Waals surface area contributed by atoms with Crippen molar-refractivity contribution in [1.82, 2.24) is 10.2 Å². The largest absolute Gasteiger partial charge is 0.493 e. The van der Waals surface area contributed by atoms with E-state index in [0.717, 1.165) is 5.56 Å². The van der Waals surface area contributed by atoms with Gasteiger partial charge in [0.05, 0.1) is 39.0 Å². The molecule has 1 N–H and O–H groups in total. The Balaban J connectivity index is 1.81. The van der Waals surface area contributed by atoms with Crippen LogP contribution >= 0.6 is 0 Å². The van der Waals surface area contributed by atoms with Crippen LogP contribution in [-0.4, -0.2) is 64.5 Å². The highest BCUT2D eigenvalue weighted by atomic mass is 19.3. The van der Waals surface area contributed by atoms with Crippen LogP contribution in [0.25, 0.3) is 0 Å². The fraction of sp³-hybridized carbons (Fsp3) is 0.409. The zero-order valence-corrected chi connectivity index (χ0v) is 17.5. The van der Waals surface area contributed by atoms with Gasteiger partial charge in [-0.3, -0.25) is 9.69 Å². The number of methoxy groups -OCH3 is 2. The Bertz CT molecular complexity index is 875. The minimum atomic E-state index is -3.01. The SMILES string of the molecule is COc1ccc(C(CNC(=O)c2ccccc2OC(F)F)N2CCOCC2)cc1OC. The molecule has 31 heavy (non-hydrogen) atoms. The molecule has 0 aromatic heterocycles. The topological polar surface area (TPSA) is 69.3 Å². The van der Waals surface area contributed by atoms with Gasteiger partial charge in [-0.1, -0.05) is 18.2 Å². The molecular weight excluding hydrogens is 410 g/mol. The first-order chi connectivity index (χ1) is 15.0. The summed E-state index contributed by atoms with van der Waals surface area (Å²) in [7, 11) is 3.13. The molecule has 1 heterocycles. The summed E-state index contributed by atoms with van der Waals surface area (Å²) in [5, 5.41) is 2.86. The standard InChI is InChI=1S/C22H26F2N2O5/c1-28-19-8-7-15(13-20(19)29-2)17(26-9-11-30-12-10-26)14-25-21(27)16-5-3-4-6-18(16)31-22(23)24/h3-8,13,17,22H,9-12,14H2,1-2H3,(H,25,27). The third-order valence-electron chi connectivity index (χ3n) is 5.08. The lowest BCUT2D eigenvalue weighted by Crippen LogP contribution is -2.43. The van der Waals surface area contributed by atoms with E-state index in [0.29, 0.717) is 37.8 Å². The quantitative estimate of drug-likeness (QED) is 0.652. The van der Waals surface area contributed by atoms with Gasteiger partial charge in [0.15, 0.2) is 11.5 Å². The second kappa shape index (κ2) is 10.9. The number of nitrogens with one attached hydrogen (secondary N) is 1. The van der Waals surface area contributed by atoms with Crippen LogP contribution in [0.4, 0.5) is 8.78 Å². The van der Waals surface area contributed by atoms with Crippen molar-refractivity contribution < 1.29 is 32.5 Å². The van der Waals surface area contributed by atoms with Gasteiger partial charge in [-0.2, -0.15) is 8.78 Å². The van der Waals surface area contributed by atoms with Crippen LogP contribution in [0.3, 0.4) is 0 Å². The number of carbonyl (C=O) groups excluding carboxylic acids is 1. The smallest absolute Gasteiger partial charge is 0.387 e. The van der Waals surface area contributed by atoms with E-state index in [1.54, 1.807) is 20.3 Å². The first kappa shape index (κ1) is 22.8. The molecule has 1 aliphatic heterocycles. The first-order valence-corrected chi connectivity index (χ1v) is 9.89. The average Bonchev–Trinajstić information content (AvgIpc) is 2.79. The van der Waals surface area contributed by atoms with E-state index in [1.165, 1.54) is 18.2 Å². The molecule has 2 aromatic rings. The Morgan fingerprint density at radius 1 is 1.06 bits per heavy atom. The van der Waals surface area contributed by atoms with Crippen molar-refractivity contribution in [3.63, 3.8) is 0 Å². The first-order valence-electron chi connectivity index (χ1n) is 9.89. The highest BCUT2D eigenvalue weighted by Gasteiger charge is 2.25. The Hall–Kier alpha value is -2.91. The molecule has 1 saturated heterocycles. The number of rotatable bonds is 9. The zero-order valence-electron chi connectivity index (χ0n) is 17.5. The molecule has 0 aliphatic carbocycles. The summed E-state index contributed by atoms with van der Waals surface area (Å²) in [6, 6.07) is 11.4. The zero-order chi connectivity index (χ0) is 22.2. The number of hydrogen-bond acceptors (Lipinski definition) is 6. The van der Waals surface area contributed by atoms with E-state index in [1.807, 2.05) is 18.2 Å². The lowest BCUT2D eigenvalue weighted by molar-refractivity contribution is -0.0501. The number of alkyl halides is 2. The van der Waals surface area contributed by atoms with Crippen molar-refractivity contribution in [1.29, 1.82) is 0 Å². The number of hydrogen-bond donors (Lipinski definition) is 1. The van der Waals surface area contributed by atoms with Crippen LogP contribution in [0.2, 0.25) is 0 Å². The summed E-state index contributed by atoms with van der Waals surface area (Å²) in [5.74, 6) is 0.536. The van der Waals surface area contributed by atoms with Crippen molar-refractivity contribution in [2.24, 2.45) is 0 Å². The lowest BCUT2D eigenvalue weighted by Gasteiger charge is -2.35. The van der Waals surface area contributed by atoms with Crippen LogP contribution in [0.5, 0.6) is 17.2 Å². The maximum Gasteiger partial charge on any atom is 0.387 e. The Morgan fingerprint density at radius 2 is 1.77 bits per heavy atom. The number of morpholine rings is 1. The number of amides is 1. The summed E-state index contributed by atoms with van der Waals surface area (Å²) in [6.07, 6.45) is 0. The fourth-order valence-electron chi connectivity index (χ4n) is 3.54. The number of para-hydroxylation sites is 1. The maximum absolute atomic E-state index is 12.8. The Morgan fingerprint density at radius 3 is 2.45 bits per heavy atom. The van der Waals surface area contributed by atoms with Crippen LogP contribution in [0, 0.1) is 0 Å². The molecule has 0 radical (unpaired) electrons. The molecule has 9 heteroatoms. The third-order valence-corrected chi connectivity index (χ3v) is 5.08. The van der Waals surface area contributed by atoms with Crippen molar-refractivity contribution >= 4 is 5.91 Å². The molecule has 1 aliphatic rings.